The van der Waals surface area contributed by atoms with E-state index in [1.54, 1.807) is 12.1 Å². The van der Waals surface area contributed by atoms with E-state index < -0.39 is 0 Å². The van der Waals surface area contributed by atoms with Gasteiger partial charge in [-0.25, -0.2) is 13.8 Å². The summed E-state index contributed by atoms with van der Waals surface area (Å²) < 4.78 is 31.1. The summed E-state index contributed by atoms with van der Waals surface area (Å²) in [6.45, 7) is 3.32. The maximum absolute atomic E-state index is 15.1. The molecule has 0 spiro atoms. The van der Waals surface area contributed by atoms with Crippen LogP contribution in [0.2, 0.25) is 0 Å². The lowest BCUT2D eigenvalue weighted by Crippen LogP contribution is -2.43. The highest BCUT2D eigenvalue weighted by molar-refractivity contribution is 6.07. The molecule has 6 heteroatoms. The fraction of sp³-hybridized carbons (Fsp3) is 0.318. The molecular formula is C22H20F2N4. The average molecular weight is 378 g/mol. The molecule has 0 atom stereocenters. The van der Waals surface area contributed by atoms with Crippen molar-refractivity contribution in [3.63, 3.8) is 0 Å². The van der Waals surface area contributed by atoms with Gasteiger partial charge in [-0.2, -0.15) is 0 Å². The van der Waals surface area contributed by atoms with Crippen molar-refractivity contribution >= 4 is 27.5 Å². The number of nitrogens with one attached hydrogen (secondary N) is 1. The van der Waals surface area contributed by atoms with Gasteiger partial charge in [0.25, 0.3) is 0 Å². The molecule has 0 aromatic heterocycles. The molecule has 3 aliphatic heterocycles. The molecule has 0 amide bonds. The monoisotopic (exact) mass is 378 g/mol. The second kappa shape index (κ2) is 5.88. The fourth-order valence-corrected chi connectivity index (χ4v) is 4.43. The Morgan fingerprint density at radius 3 is 2.61 bits per heavy atom. The first kappa shape index (κ1) is 16.2. The van der Waals surface area contributed by atoms with E-state index in [1.165, 1.54) is 12.1 Å². The lowest BCUT2D eigenvalue weighted by Gasteiger charge is -2.30. The van der Waals surface area contributed by atoms with E-state index in [-0.39, 0.29) is 11.6 Å². The summed E-state index contributed by atoms with van der Waals surface area (Å²) in [5, 5.41) is 5.03. The van der Waals surface area contributed by atoms with Gasteiger partial charge < -0.3 is 14.8 Å². The van der Waals surface area contributed by atoms with Gasteiger partial charge in [0.1, 0.15) is 11.6 Å². The van der Waals surface area contributed by atoms with Crippen molar-refractivity contribution in [1.82, 2.24) is 14.9 Å². The standard InChI is InChI=1S/C22H20F2N4/c23-13-1-4-15-17-12-28(14-2-3-14)20-11-21(27-7-5-25-6-8-27)18(24)10-16(20)22(17)26-19(15)9-13/h1,4,9-12,14,25H,2-3,5-8H2. The summed E-state index contributed by atoms with van der Waals surface area (Å²) in [7, 11) is 0. The molecule has 2 aromatic carbocycles. The van der Waals surface area contributed by atoms with Gasteiger partial charge in [-0.3, -0.25) is 0 Å². The quantitative estimate of drug-likeness (QED) is 0.564. The molecule has 2 fully saturated rings. The van der Waals surface area contributed by atoms with Crippen molar-refractivity contribution in [3.8, 4) is 11.3 Å². The van der Waals surface area contributed by atoms with E-state index in [2.05, 4.69) is 26.0 Å². The van der Waals surface area contributed by atoms with Crippen molar-refractivity contribution in [2.45, 2.75) is 18.9 Å². The van der Waals surface area contributed by atoms with E-state index in [4.69, 9.17) is 0 Å². The van der Waals surface area contributed by atoms with Crippen molar-refractivity contribution in [1.29, 1.82) is 0 Å². The summed E-state index contributed by atoms with van der Waals surface area (Å²) in [6.07, 6.45) is 4.39. The molecule has 4 nitrogen and oxygen atoms in total. The predicted molar refractivity (Wildman–Crippen MR) is 107 cm³/mol. The van der Waals surface area contributed by atoms with Crippen LogP contribution in [-0.2, 0) is 0 Å². The van der Waals surface area contributed by atoms with Crippen LogP contribution in [0, 0.1) is 11.6 Å². The van der Waals surface area contributed by atoms with Crippen LogP contribution in [0.3, 0.4) is 0 Å². The van der Waals surface area contributed by atoms with Gasteiger partial charge in [-0.1, -0.05) is 0 Å². The number of anilines is 1. The summed E-state index contributed by atoms with van der Waals surface area (Å²) >= 11 is 0. The van der Waals surface area contributed by atoms with Crippen molar-refractivity contribution in [3.05, 3.63) is 48.2 Å². The van der Waals surface area contributed by atoms with Crippen LogP contribution in [0.1, 0.15) is 18.9 Å². The zero-order valence-corrected chi connectivity index (χ0v) is 15.4. The maximum atomic E-state index is 15.1. The largest absolute Gasteiger partial charge is 0.367 e. The maximum Gasteiger partial charge on any atom is 0.147 e. The third-order valence-corrected chi connectivity index (χ3v) is 6.00. The molecule has 1 aliphatic carbocycles. The molecule has 1 N–H and O–H groups in total. The number of nitrogens with zero attached hydrogens (tertiary/aromatic N) is 3. The molecule has 3 heterocycles. The molecule has 1 saturated heterocycles. The Morgan fingerprint density at radius 2 is 1.82 bits per heavy atom. The lowest BCUT2D eigenvalue weighted by atomic mass is 10.0. The molecule has 0 bridgehead atoms. The Kier molecular flexibility index (Phi) is 3.41. The topological polar surface area (TPSA) is 33.1 Å². The lowest BCUT2D eigenvalue weighted by molar-refractivity contribution is 0.567. The molecule has 4 aliphatic rings. The third kappa shape index (κ3) is 2.41. The molecule has 28 heavy (non-hydrogen) atoms. The summed E-state index contributed by atoms with van der Waals surface area (Å²) in [4.78, 5) is 6.77. The Bertz CT molecular complexity index is 1190. The second-order valence-electron chi connectivity index (χ2n) is 7.86. The molecule has 142 valence electrons. The first-order chi connectivity index (χ1) is 13.7. The summed E-state index contributed by atoms with van der Waals surface area (Å²) in [6, 6.07) is 8.73. The Balaban J connectivity index is 1.65. The number of hydrogen-bond donors (Lipinski definition) is 1. The predicted octanol–water partition coefficient (Wildman–Crippen LogP) is 4.32. The van der Waals surface area contributed by atoms with Crippen molar-refractivity contribution < 1.29 is 8.78 Å². The van der Waals surface area contributed by atoms with Gasteiger partial charge in [0.05, 0.1) is 22.4 Å². The highest BCUT2D eigenvalue weighted by atomic mass is 19.1. The second-order valence-corrected chi connectivity index (χ2v) is 7.86. The summed E-state index contributed by atoms with van der Waals surface area (Å²) in [5.41, 5.74) is 4.00. The molecular weight excluding hydrogens is 358 g/mol. The van der Waals surface area contributed by atoms with Crippen LogP contribution in [0.25, 0.3) is 33.1 Å². The smallest absolute Gasteiger partial charge is 0.147 e. The van der Waals surface area contributed by atoms with Gasteiger partial charge in [0, 0.05) is 60.8 Å². The zero-order valence-electron chi connectivity index (χ0n) is 15.4. The minimum Gasteiger partial charge on any atom is -0.367 e. The van der Waals surface area contributed by atoms with Gasteiger partial charge in [-0.05, 0) is 37.1 Å². The van der Waals surface area contributed by atoms with Gasteiger partial charge in [-0.15, -0.1) is 0 Å². The number of hydrogen-bond acceptors (Lipinski definition) is 3. The van der Waals surface area contributed by atoms with Crippen LogP contribution in [0.15, 0.2) is 36.5 Å². The summed E-state index contributed by atoms with van der Waals surface area (Å²) in [5.74, 6) is -0.524. The highest BCUT2D eigenvalue weighted by Gasteiger charge is 2.28. The van der Waals surface area contributed by atoms with Gasteiger partial charge in [0.2, 0.25) is 0 Å². The third-order valence-electron chi connectivity index (χ3n) is 6.00. The minimum absolute atomic E-state index is 0.220. The highest BCUT2D eigenvalue weighted by Crippen LogP contribution is 2.44. The number of piperazine rings is 1. The zero-order chi connectivity index (χ0) is 18.8. The van der Waals surface area contributed by atoms with Crippen molar-refractivity contribution in [2.75, 3.05) is 31.1 Å². The van der Waals surface area contributed by atoms with E-state index in [1.807, 2.05) is 6.07 Å². The number of benzene rings is 2. The molecule has 0 unspecified atom stereocenters. The number of fused-ring (bicyclic) bond motifs is 5. The number of rotatable bonds is 2. The van der Waals surface area contributed by atoms with Crippen LogP contribution in [-0.4, -0.2) is 35.7 Å². The Labute approximate surface area is 161 Å². The first-order valence-electron chi connectivity index (χ1n) is 9.88. The number of halogens is 2. The van der Waals surface area contributed by atoms with E-state index in [0.29, 0.717) is 17.2 Å². The Morgan fingerprint density at radius 1 is 1.00 bits per heavy atom. The van der Waals surface area contributed by atoms with Gasteiger partial charge >= 0.3 is 0 Å². The molecule has 2 aromatic rings. The van der Waals surface area contributed by atoms with Crippen LogP contribution < -0.4 is 10.2 Å². The molecule has 6 rings (SSSR count). The SMILES string of the molecule is Fc1ccc2c3cn(C4CC4)c4cc(N5CCNCC5)c(F)cc4c-3nc2c1. The number of aromatic nitrogens is 2. The van der Waals surface area contributed by atoms with Crippen LogP contribution in [0.4, 0.5) is 14.5 Å². The average Bonchev–Trinajstić information content (AvgIpc) is 3.48. The Hall–Kier alpha value is -2.73. The van der Waals surface area contributed by atoms with E-state index >= 15 is 4.39 Å². The van der Waals surface area contributed by atoms with Crippen molar-refractivity contribution in [2.24, 2.45) is 0 Å². The van der Waals surface area contributed by atoms with Gasteiger partial charge in [0.15, 0.2) is 0 Å². The van der Waals surface area contributed by atoms with Crippen LogP contribution >= 0.6 is 0 Å². The normalized spacial score (nSPS) is 17.9. The van der Waals surface area contributed by atoms with E-state index in [0.717, 1.165) is 66.6 Å². The fourth-order valence-electron chi connectivity index (χ4n) is 4.43. The van der Waals surface area contributed by atoms with Crippen LogP contribution in [0.5, 0.6) is 0 Å². The molecule has 0 radical (unpaired) electrons. The molecule has 1 saturated carbocycles. The number of pyridine rings is 1. The minimum atomic E-state index is -0.304. The first-order valence-corrected chi connectivity index (χ1v) is 9.88. The van der Waals surface area contributed by atoms with E-state index in [9.17, 15) is 4.39 Å².